The van der Waals surface area contributed by atoms with Crippen LogP contribution in [-0.2, 0) is 0 Å². The highest BCUT2D eigenvalue weighted by atomic mass is 16.3. The minimum absolute atomic E-state index is 0.228. The second kappa shape index (κ2) is 3.79. The molecule has 0 fully saturated rings. The van der Waals surface area contributed by atoms with Gasteiger partial charge in [-0.1, -0.05) is 0 Å². The second-order valence-corrected chi connectivity index (χ2v) is 3.41. The Morgan fingerprint density at radius 3 is 2.94 bits per heavy atom. The van der Waals surface area contributed by atoms with Gasteiger partial charge in [0.05, 0.1) is 12.5 Å². The molecule has 0 bridgehead atoms. The number of aromatic nitrogens is 3. The minimum Gasteiger partial charge on any atom is -0.461 e. The Hall–Kier alpha value is -2.56. The van der Waals surface area contributed by atoms with Crippen LogP contribution in [0.4, 0.5) is 0 Å². The summed E-state index contributed by atoms with van der Waals surface area (Å²) in [4.78, 5) is 24.2. The van der Waals surface area contributed by atoms with Crippen molar-refractivity contribution in [2.45, 2.75) is 0 Å². The molecule has 0 aliphatic carbocycles. The van der Waals surface area contributed by atoms with Crippen molar-refractivity contribution in [3.05, 3.63) is 54.4 Å². The Morgan fingerprint density at radius 2 is 2.12 bits per heavy atom. The molecule has 3 heterocycles. The standard InChI is InChI=1S/C12H7N3O2/c16-11(10-4-2-6-17-10)9-7-14-8-3-1-5-13-12(8)15-9/h1-7H. The quantitative estimate of drug-likeness (QED) is 0.622. The van der Waals surface area contributed by atoms with Crippen molar-refractivity contribution in [3.63, 3.8) is 0 Å². The summed E-state index contributed by atoms with van der Waals surface area (Å²) in [5.74, 6) is -0.0513. The Balaban J connectivity index is 2.09. The van der Waals surface area contributed by atoms with Crippen LogP contribution in [-0.4, -0.2) is 20.7 Å². The number of carbonyl (C=O) groups excluding carboxylic acids is 1. The fraction of sp³-hybridized carbons (Fsp3) is 0. The molecule has 0 saturated carbocycles. The van der Waals surface area contributed by atoms with Crippen molar-refractivity contribution in [1.82, 2.24) is 15.0 Å². The third-order valence-electron chi connectivity index (χ3n) is 2.30. The molecule has 0 aromatic carbocycles. The first-order valence-corrected chi connectivity index (χ1v) is 5.00. The molecule has 82 valence electrons. The van der Waals surface area contributed by atoms with Gasteiger partial charge in [0.15, 0.2) is 11.4 Å². The molecule has 0 aliphatic heterocycles. The lowest BCUT2D eigenvalue weighted by Gasteiger charge is -1.98. The van der Waals surface area contributed by atoms with Crippen LogP contribution >= 0.6 is 0 Å². The molecule has 0 saturated heterocycles. The molecule has 0 amide bonds. The Kier molecular flexibility index (Phi) is 2.15. The summed E-state index contributed by atoms with van der Waals surface area (Å²) in [6.07, 6.45) is 4.48. The van der Waals surface area contributed by atoms with Gasteiger partial charge >= 0.3 is 0 Å². The molecule has 0 aliphatic rings. The Labute approximate surface area is 96.1 Å². The van der Waals surface area contributed by atoms with E-state index in [2.05, 4.69) is 15.0 Å². The third-order valence-corrected chi connectivity index (χ3v) is 2.30. The molecule has 5 heteroatoms. The van der Waals surface area contributed by atoms with Crippen molar-refractivity contribution in [2.24, 2.45) is 0 Å². The van der Waals surface area contributed by atoms with Gasteiger partial charge < -0.3 is 4.42 Å². The Morgan fingerprint density at radius 1 is 1.18 bits per heavy atom. The van der Waals surface area contributed by atoms with Gasteiger partial charge in [-0.25, -0.2) is 9.97 Å². The summed E-state index contributed by atoms with van der Waals surface area (Å²) in [6.45, 7) is 0. The number of hydrogen-bond acceptors (Lipinski definition) is 5. The van der Waals surface area contributed by atoms with E-state index in [-0.39, 0.29) is 17.2 Å². The number of carbonyl (C=O) groups is 1. The summed E-state index contributed by atoms with van der Waals surface area (Å²) >= 11 is 0. The molecule has 0 radical (unpaired) electrons. The molecule has 3 aromatic rings. The smallest absolute Gasteiger partial charge is 0.248 e. The van der Waals surface area contributed by atoms with E-state index < -0.39 is 0 Å². The molecule has 0 spiro atoms. The molecule has 0 unspecified atom stereocenters. The summed E-state index contributed by atoms with van der Waals surface area (Å²) in [7, 11) is 0. The van der Waals surface area contributed by atoms with E-state index >= 15 is 0 Å². The third kappa shape index (κ3) is 1.67. The largest absolute Gasteiger partial charge is 0.461 e. The van der Waals surface area contributed by atoms with Crippen LogP contribution in [0.5, 0.6) is 0 Å². The van der Waals surface area contributed by atoms with Crippen LogP contribution in [0, 0.1) is 0 Å². The lowest BCUT2D eigenvalue weighted by molar-refractivity contribution is 0.100. The van der Waals surface area contributed by atoms with Crippen LogP contribution in [0.25, 0.3) is 11.2 Å². The van der Waals surface area contributed by atoms with E-state index in [9.17, 15) is 4.79 Å². The first kappa shape index (κ1) is 9.65. The van der Waals surface area contributed by atoms with Gasteiger partial charge in [0.2, 0.25) is 5.78 Å². The number of hydrogen-bond donors (Lipinski definition) is 0. The number of furan rings is 1. The van der Waals surface area contributed by atoms with Crippen molar-refractivity contribution in [1.29, 1.82) is 0 Å². The van der Waals surface area contributed by atoms with Gasteiger partial charge in [-0.2, -0.15) is 0 Å². The van der Waals surface area contributed by atoms with Crippen LogP contribution in [0.3, 0.4) is 0 Å². The molecule has 5 nitrogen and oxygen atoms in total. The number of fused-ring (bicyclic) bond motifs is 1. The lowest BCUT2D eigenvalue weighted by Crippen LogP contribution is -2.04. The van der Waals surface area contributed by atoms with Crippen molar-refractivity contribution in [2.75, 3.05) is 0 Å². The molecule has 3 aromatic heterocycles. The van der Waals surface area contributed by atoms with Gasteiger partial charge in [-0.05, 0) is 24.3 Å². The maximum atomic E-state index is 11.9. The van der Waals surface area contributed by atoms with E-state index in [1.54, 1.807) is 30.5 Å². The lowest BCUT2D eigenvalue weighted by atomic mass is 10.2. The maximum Gasteiger partial charge on any atom is 0.248 e. The van der Waals surface area contributed by atoms with Gasteiger partial charge in [-0.15, -0.1) is 0 Å². The second-order valence-electron chi connectivity index (χ2n) is 3.41. The van der Waals surface area contributed by atoms with E-state index in [0.29, 0.717) is 11.2 Å². The summed E-state index contributed by atoms with van der Waals surface area (Å²) in [6, 6.07) is 6.80. The first-order valence-electron chi connectivity index (χ1n) is 5.00. The molecule has 3 rings (SSSR count). The van der Waals surface area contributed by atoms with E-state index in [4.69, 9.17) is 4.42 Å². The zero-order chi connectivity index (χ0) is 11.7. The monoisotopic (exact) mass is 225 g/mol. The SMILES string of the molecule is O=C(c1cnc2cccnc2n1)c1ccco1. The van der Waals surface area contributed by atoms with E-state index in [0.717, 1.165) is 0 Å². The van der Waals surface area contributed by atoms with Gasteiger partial charge in [0, 0.05) is 6.20 Å². The summed E-state index contributed by atoms with van der Waals surface area (Å²) < 4.78 is 5.02. The van der Waals surface area contributed by atoms with E-state index in [1.165, 1.54) is 12.5 Å². The number of rotatable bonds is 2. The van der Waals surface area contributed by atoms with Crippen molar-refractivity contribution < 1.29 is 9.21 Å². The van der Waals surface area contributed by atoms with Crippen LogP contribution in [0.1, 0.15) is 16.2 Å². The fourth-order valence-corrected chi connectivity index (χ4v) is 1.49. The van der Waals surface area contributed by atoms with Gasteiger partial charge in [-0.3, -0.25) is 9.78 Å². The normalized spacial score (nSPS) is 10.6. The number of nitrogens with zero attached hydrogens (tertiary/aromatic N) is 3. The van der Waals surface area contributed by atoms with Crippen LogP contribution in [0.15, 0.2) is 47.3 Å². The van der Waals surface area contributed by atoms with Gasteiger partial charge in [0.1, 0.15) is 11.2 Å². The maximum absolute atomic E-state index is 11.9. The number of pyridine rings is 1. The van der Waals surface area contributed by atoms with Crippen LogP contribution < -0.4 is 0 Å². The van der Waals surface area contributed by atoms with Gasteiger partial charge in [0.25, 0.3) is 0 Å². The predicted molar refractivity (Wildman–Crippen MR) is 59.5 cm³/mol. The van der Waals surface area contributed by atoms with Crippen molar-refractivity contribution in [3.8, 4) is 0 Å². The average Bonchev–Trinajstić information content (AvgIpc) is 2.91. The van der Waals surface area contributed by atoms with Crippen molar-refractivity contribution >= 4 is 16.9 Å². The molecule has 0 N–H and O–H groups in total. The fourth-order valence-electron chi connectivity index (χ4n) is 1.49. The zero-order valence-electron chi connectivity index (χ0n) is 8.70. The van der Waals surface area contributed by atoms with E-state index in [1.807, 2.05) is 0 Å². The minimum atomic E-state index is -0.296. The first-order chi connectivity index (χ1) is 8.34. The Bertz CT molecular complexity index is 677. The molecular formula is C12H7N3O2. The average molecular weight is 225 g/mol. The molecule has 0 atom stereocenters. The molecule has 17 heavy (non-hydrogen) atoms. The predicted octanol–water partition coefficient (Wildman–Crippen LogP) is 1.85. The zero-order valence-corrected chi connectivity index (χ0v) is 8.70. The molecular weight excluding hydrogens is 218 g/mol. The number of ketones is 1. The highest BCUT2D eigenvalue weighted by molar-refractivity contribution is 6.06. The topological polar surface area (TPSA) is 68.9 Å². The van der Waals surface area contributed by atoms with Crippen LogP contribution in [0.2, 0.25) is 0 Å². The summed E-state index contributed by atoms with van der Waals surface area (Å²) in [5.41, 5.74) is 1.33. The highest BCUT2D eigenvalue weighted by Crippen LogP contribution is 2.10. The summed E-state index contributed by atoms with van der Waals surface area (Å²) in [5, 5.41) is 0. The highest BCUT2D eigenvalue weighted by Gasteiger charge is 2.14.